The maximum absolute atomic E-state index is 11.9. The lowest BCUT2D eigenvalue weighted by atomic mass is 9.85. The van der Waals surface area contributed by atoms with Crippen molar-refractivity contribution in [1.29, 1.82) is 0 Å². The molecule has 3 nitrogen and oxygen atoms in total. The fraction of sp³-hybridized carbons (Fsp3) is 0.917. The molecule has 3 aliphatic heterocycles. The SMILES string of the molecule is CCC[C@@H]1O[C@@]2(CC1=O)CN1CC[C@@H]2C1. The van der Waals surface area contributed by atoms with Crippen molar-refractivity contribution in [2.24, 2.45) is 5.92 Å². The topological polar surface area (TPSA) is 29.5 Å². The first-order chi connectivity index (χ1) is 7.23. The van der Waals surface area contributed by atoms with Crippen LogP contribution in [0.3, 0.4) is 0 Å². The summed E-state index contributed by atoms with van der Waals surface area (Å²) in [6, 6.07) is 0. The number of fused-ring (bicyclic) bond motifs is 3. The van der Waals surface area contributed by atoms with Crippen LogP contribution in [0.1, 0.15) is 32.6 Å². The molecule has 84 valence electrons. The van der Waals surface area contributed by atoms with Gasteiger partial charge in [0.15, 0.2) is 5.78 Å². The molecule has 0 saturated carbocycles. The molecule has 4 atom stereocenters. The number of rotatable bonds is 2. The van der Waals surface area contributed by atoms with E-state index in [1.54, 1.807) is 0 Å². The molecule has 0 amide bonds. The number of ketones is 1. The van der Waals surface area contributed by atoms with E-state index in [-0.39, 0.29) is 11.7 Å². The molecule has 0 aromatic carbocycles. The van der Waals surface area contributed by atoms with Gasteiger partial charge in [-0.15, -0.1) is 0 Å². The highest BCUT2D eigenvalue weighted by Gasteiger charge is 2.57. The Kier molecular flexibility index (Phi) is 2.15. The molecular weight excluding hydrogens is 190 g/mol. The summed E-state index contributed by atoms with van der Waals surface area (Å²) in [6.45, 7) is 5.49. The summed E-state index contributed by atoms with van der Waals surface area (Å²) in [4.78, 5) is 14.3. The lowest BCUT2D eigenvalue weighted by molar-refractivity contribution is -0.124. The maximum atomic E-state index is 11.9. The van der Waals surface area contributed by atoms with E-state index in [2.05, 4.69) is 11.8 Å². The Hall–Kier alpha value is -0.410. The molecule has 15 heavy (non-hydrogen) atoms. The number of hydrogen-bond acceptors (Lipinski definition) is 3. The zero-order valence-electron chi connectivity index (χ0n) is 9.37. The van der Waals surface area contributed by atoms with Gasteiger partial charge in [0.05, 0.1) is 5.60 Å². The third-order valence-corrected chi connectivity index (χ3v) is 4.27. The van der Waals surface area contributed by atoms with E-state index >= 15 is 0 Å². The molecule has 0 aliphatic carbocycles. The Balaban J connectivity index is 1.77. The van der Waals surface area contributed by atoms with Crippen molar-refractivity contribution in [3.05, 3.63) is 0 Å². The van der Waals surface area contributed by atoms with Gasteiger partial charge in [0.1, 0.15) is 6.10 Å². The molecule has 2 bridgehead atoms. The normalized spacial score (nSPS) is 48.3. The van der Waals surface area contributed by atoms with Crippen molar-refractivity contribution >= 4 is 5.78 Å². The van der Waals surface area contributed by atoms with Crippen LogP contribution in [0.5, 0.6) is 0 Å². The average molecular weight is 209 g/mol. The van der Waals surface area contributed by atoms with E-state index in [4.69, 9.17) is 4.74 Å². The Bertz CT molecular complexity index is 291. The summed E-state index contributed by atoms with van der Waals surface area (Å²) in [5.74, 6) is 0.980. The largest absolute Gasteiger partial charge is 0.362 e. The van der Waals surface area contributed by atoms with Crippen molar-refractivity contribution in [1.82, 2.24) is 4.90 Å². The first-order valence-corrected chi connectivity index (χ1v) is 6.16. The number of ether oxygens (including phenoxy) is 1. The molecule has 0 aromatic rings. The van der Waals surface area contributed by atoms with Crippen LogP contribution in [-0.2, 0) is 9.53 Å². The van der Waals surface area contributed by atoms with Gasteiger partial charge in [-0.25, -0.2) is 0 Å². The van der Waals surface area contributed by atoms with Crippen molar-refractivity contribution < 1.29 is 9.53 Å². The Morgan fingerprint density at radius 3 is 3.07 bits per heavy atom. The van der Waals surface area contributed by atoms with Crippen LogP contribution in [0.2, 0.25) is 0 Å². The number of piperidine rings is 1. The lowest BCUT2D eigenvalue weighted by Gasteiger charge is -2.32. The molecule has 3 aliphatic rings. The molecular formula is C12H19NO2. The predicted octanol–water partition coefficient (Wildman–Crippen LogP) is 1.22. The van der Waals surface area contributed by atoms with Crippen LogP contribution >= 0.6 is 0 Å². The maximum Gasteiger partial charge on any atom is 0.164 e. The minimum absolute atomic E-state index is 0.0742. The van der Waals surface area contributed by atoms with Gasteiger partial charge >= 0.3 is 0 Å². The number of hydrogen-bond donors (Lipinski definition) is 0. The summed E-state index contributed by atoms with van der Waals surface area (Å²) in [7, 11) is 0. The van der Waals surface area contributed by atoms with Crippen molar-refractivity contribution in [2.45, 2.75) is 44.3 Å². The van der Waals surface area contributed by atoms with E-state index in [0.29, 0.717) is 18.1 Å². The third-order valence-electron chi connectivity index (χ3n) is 4.27. The van der Waals surface area contributed by atoms with E-state index in [0.717, 1.165) is 25.9 Å². The first kappa shape index (κ1) is 9.79. The fourth-order valence-corrected chi connectivity index (χ4v) is 3.53. The Labute approximate surface area is 90.8 Å². The molecule has 3 heteroatoms. The van der Waals surface area contributed by atoms with Crippen LogP contribution in [0, 0.1) is 5.92 Å². The van der Waals surface area contributed by atoms with Gasteiger partial charge in [0.2, 0.25) is 0 Å². The number of Topliss-reactive ketones (excluding diaryl/α,β-unsaturated/α-hetero) is 1. The van der Waals surface area contributed by atoms with Crippen LogP contribution < -0.4 is 0 Å². The van der Waals surface area contributed by atoms with Gasteiger partial charge in [-0.2, -0.15) is 0 Å². The minimum atomic E-state index is -0.0875. The van der Waals surface area contributed by atoms with Gasteiger partial charge < -0.3 is 9.64 Å². The van der Waals surface area contributed by atoms with Gasteiger partial charge in [-0.3, -0.25) is 4.79 Å². The highest BCUT2D eigenvalue weighted by molar-refractivity contribution is 5.86. The van der Waals surface area contributed by atoms with Crippen LogP contribution in [0.4, 0.5) is 0 Å². The second-order valence-electron chi connectivity index (χ2n) is 5.32. The zero-order valence-corrected chi connectivity index (χ0v) is 9.37. The molecule has 0 radical (unpaired) electrons. The van der Waals surface area contributed by atoms with Crippen molar-refractivity contribution in [3.8, 4) is 0 Å². The molecule has 3 fully saturated rings. The number of carbonyl (C=O) groups is 1. The van der Waals surface area contributed by atoms with Crippen LogP contribution in [-0.4, -0.2) is 42.0 Å². The minimum Gasteiger partial charge on any atom is -0.362 e. The number of nitrogens with zero attached hydrogens (tertiary/aromatic N) is 1. The highest BCUT2D eigenvalue weighted by Crippen LogP contribution is 2.46. The highest BCUT2D eigenvalue weighted by atomic mass is 16.5. The summed E-state index contributed by atoms with van der Waals surface area (Å²) >= 11 is 0. The zero-order chi connectivity index (χ0) is 10.5. The second kappa shape index (κ2) is 3.29. The van der Waals surface area contributed by atoms with Gasteiger partial charge in [0.25, 0.3) is 0 Å². The molecule has 3 heterocycles. The standard InChI is InChI=1S/C12H19NO2/c1-2-3-11-10(14)6-12(15-11)8-13-5-4-9(12)7-13/h9,11H,2-8H2,1H3/t9-,11+,12+/m1/s1. The molecule has 0 aromatic heterocycles. The van der Waals surface area contributed by atoms with Gasteiger partial charge in [0, 0.05) is 25.4 Å². The molecule has 3 rings (SSSR count). The second-order valence-corrected chi connectivity index (χ2v) is 5.32. The summed E-state index contributed by atoms with van der Waals surface area (Å²) in [6.07, 6.45) is 3.77. The molecule has 3 saturated heterocycles. The van der Waals surface area contributed by atoms with Crippen molar-refractivity contribution in [3.63, 3.8) is 0 Å². The fourth-order valence-electron chi connectivity index (χ4n) is 3.53. The molecule has 1 unspecified atom stereocenters. The summed E-state index contributed by atoms with van der Waals surface area (Å²) < 4.78 is 6.11. The molecule has 1 spiro atoms. The van der Waals surface area contributed by atoms with Crippen LogP contribution in [0.25, 0.3) is 0 Å². The Morgan fingerprint density at radius 2 is 2.47 bits per heavy atom. The van der Waals surface area contributed by atoms with Gasteiger partial charge in [-0.05, 0) is 19.4 Å². The average Bonchev–Trinajstić information content (AvgIpc) is 2.83. The van der Waals surface area contributed by atoms with Gasteiger partial charge in [-0.1, -0.05) is 13.3 Å². The van der Waals surface area contributed by atoms with Crippen molar-refractivity contribution in [2.75, 3.05) is 19.6 Å². The van der Waals surface area contributed by atoms with E-state index < -0.39 is 0 Å². The van der Waals surface area contributed by atoms with Crippen LogP contribution in [0.15, 0.2) is 0 Å². The van der Waals surface area contributed by atoms with E-state index in [1.165, 1.54) is 13.0 Å². The predicted molar refractivity (Wildman–Crippen MR) is 56.7 cm³/mol. The summed E-state index contributed by atoms with van der Waals surface area (Å²) in [5.41, 5.74) is -0.0742. The number of carbonyl (C=O) groups excluding carboxylic acids is 1. The Morgan fingerprint density at radius 1 is 1.60 bits per heavy atom. The monoisotopic (exact) mass is 209 g/mol. The smallest absolute Gasteiger partial charge is 0.164 e. The van der Waals surface area contributed by atoms with E-state index in [1.807, 2.05) is 0 Å². The van der Waals surface area contributed by atoms with E-state index in [9.17, 15) is 4.79 Å². The first-order valence-electron chi connectivity index (χ1n) is 6.16. The summed E-state index contributed by atoms with van der Waals surface area (Å²) in [5, 5.41) is 0. The lowest BCUT2D eigenvalue weighted by Crippen LogP contribution is -2.42. The quantitative estimate of drug-likeness (QED) is 0.685. The molecule has 0 N–H and O–H groups in total. The third kappa shape index (κ3) is 1.36.